The van der Waals surface area contributed by atoms with Gasteiger partial charge < -0.3 is 15.3 Å². The first-order valence-electron chi connectivity index (χ1n) is 6.12. The molecule has 1 heterocycles. The zero-order valence-corrected chi connectivity index (χ0v) is 11.1. The number of carbonyl (C=O) groups excluding carboxylic acids is 1. The van der Waals surface area contributed by atoms with Gasteiger partial charge in [-0.05, 0) is 31.0 Å². The Hall–Kier alpha value is -1.75. The third-order valence-electron chi connectivity index (χ3n) is 3.10. The van der Waals surface area contributed by atoms with E-state index in [0.717, 1.165) is 25.9 Å². The summed E-state index contributed by atoms with van der Waals surface area (Å²) in [6, 6.07) is 4.53. The molecule has 6 heteroatoms. The molecule has 2 rings (SSSR count). The van der Waals surface area contributed by atoms with E-state index in [1.807, 2.05) is 0 Å². The Labute approximate surface area is 116 Å². The Morgan fingerprint density at radius 1 is 1.32 bits per heavy atom. The average molecular weight is 283 g/mol. The van der Waals surface area contributed by atoms with Crippen LogP contribution in [0.25, 0.3) is 0 Å². The molecule has 19 heavy (non-hydrogen) atoms. The van der Waals surface area contributed by atoms with Gasteiger partial charge in [0.1, 0.15) is 0 Å². The zero-order chi connectivity index (χ0) is 13.8. The average Bonchev–Trinajstić information content (AvgIpc) is 2.90. The van der Waals surface area contributed by atoms with E-state index >= 15 is 0 Å². The summed E-state index contributed by atoms with van der Waals surface area (Å²) in [6.45, 7) is 1.67. The number of amides is 1. The van der Waals surface area contributed by atoms with Crippen molar-refractivity contribution in [3.8, 4) is 0 Å². The van der Waals surface area contributed by atoms with Crippen LogP contribution < -0.4 is 5.32 Å². The predicted octanol–water partition coefficient (Wildman–Crippen LogP) is 2.07. The molecule has 2 N–H and O–H groups in total. The Bertz CT molecular complexity index is 499. The van der Waals surface area contributed by atoms with Crippen molar-refractivity contribution < 1.29 is 14.7 Å². The van der Waals surface area contributed by atoms with Gasteiger partial charge in [0, 0.05) is 23.8 Å². The standard InChI is InChI=1S/C13H15ClN2O3/c14-9-3-4-11(10(7-9)13(18)19)15-8-12(17)16-5-1-2-6-16/h3-4,7,15H,1-2,5-6,8H2,(H,18,19). The van der Waals surface area contributed by atoms with Crippen LogP contribution in [0.5, 0.6) is 0 Å². The van der Waals surface area contributed by atoms with Gasteiger partial charge in [-0.15, -0.1) is 0 Å². The minimum Gasteiger partial charge on any atom is -0.478 e. The van der Waals surface area contributed by atoms with Gasteiger partial charge in [-0.1, -0.05) is 11.6 Å². The van der Waals surface area contributed by atoms with E-state index in [9.17, 15) is 9.59 Å². The molecule has 1 aromatic carbocycles. The predicted molar refractivity (Wildman–Crippen MR) is 72.7 cm³/mol. The highest BCUT2D eigenvalue weighted by Gasteiger charge is 2.18. The maximum absolute atomic E-state index is 11.9. The summed E-state index contributed by atoms with van der Waals surface area (Å²) in [6.07, 6.45) is 2.07. The number of hydrogen-bond donors (Lipinski definition) is 2. The van der Waals surface area contributed by atoms with Gasteiger partial charge in [-0.25, -0.2) is 4.79 Å². The number of carbonyl (C=O) groups is 2. The molecule has 0 spiro atoms. The SMILES string of the molecule is O=C(O)c1cc(Cl)ccc1NCC(=O)N1CCCC1. The van der Waals surface area contributed by atoms with Gasteiger partial charge in [0.05, 0.1) is 12.1 Å². The van der Waals surface area contributed by atoms with Crippen LogP contribution in [0.2, 0.25) is 5.02 Å². The maximum Gasteiger partial charge on any atom is 0.337 e. The summed E-state index contributed by atoms with van der Waals surface area (Å²) in [5, 5.41) is 12.3. The number of likely N-dealkylation sites (tertiary alicyclic amines) is 1. The van der Waals surface area contributed by atoms with Crippen molar-refractivity contribution in [2.24, 2.45) is 0 Å². The molecule has 1 aliphatic rings. The minimum absolute atomic E-state index is 0.0104. The van der Waals surface area contributed by atoms with E-state index in [-0.39, 0.29) is 18.0 Å². The van der Waals surface area contributed by atoms with E-state index in [2.05, 4.69) is 5.32 Å². The van der Waals surface area contributed by atoms with Crippen molar-refractivity contribution >= 4 is 29.2 Å². The van der Waals surface area contributed by atoms with Gasteiger partial charge in [-0.3, -0.25) is 4.79 Å². The fraction of sp³-hybridized carbons (Fsp3) is 0.385. The summed E-state index contributed by atoms with van der Waals surface area (Å²) in [4.78, 5) is 24.7. The molecule has 0 unspecified atom stereocenters. The summed E-state index contributed by atoms with van der Waals surface area (Å²) in [7, 11) is 0. The van der Waals surface area contributed by atoms with Crippen LogP contribution in [0.4, 0.5) is 5.69 Å². The number of hydrogen-bond acceptors (Lipinski definition) is 3. The number of carboxylic acids is 1. The van der Waals surface area contributed by atoms with Crippen molar-refractivity contribution in [3.05, 3.63) is 28.8 Å². The van der Waals surface area contributed by atoms with E-state index in [4.69, 9.17) is 16.7 Å². The molecule has 1 amide bonds. The van der Waals surface area contributed by atoms with Crippen LogP contribution in [0, 0.1) is 0 Å². The molecular weight excluding hydrogens is 268 g/mol. The summed E-state index contributed by atoms with van der Waals surface area (Å²) < 4.78 is 0. The molecule has 0 aromatic heterocycles. The van der Waals surface area contributed by atoms with E-state index in [1.54, 1.807) is 17.0 Å². The molecule has 1 saturated heterocycles. The normalized spacial score (nSPS) is 14.5. The second-order valence-electron chi connectivity index (χ2n) is 4.44. The fourth-order valence-electron chi connectivity index (χ4n) is 2.10. The van der Waals surface area contributed by atoms with Gasteiger partial charge in [-0.2, -0.15) is 0 Å². The van der Waals surface area contributed by atoms with Crippen LogP contribution in [0.3, 0.4) is 0 Å². The van der Waals surface area contributed by atoms with Crippen molar-refractivity contribution in [2.75, 3.05) is 25.0 Å². The monoisotopic (exact) mass is 282 g/mol. The lowest BCUT2D eigenvalue weighted by Gasteiger charge is -2.16. The van der Waals surface area contributed by atoms with Gasteiger partial charge >= 0.3 is 5.97 Å². The van der Waals surface area contributed by atoms with Crippen LogP contribution in [-0.4, -0.2) is 41.5 Å². The topological polar surface area (TPSA) is 69.6 Å². The van der Waals surface area contributed by atoms with Gasteiger partial charge in [0.25, 0.3) is 0 Å². The van der Waals surface area contributed by atoms with Crippen LogP contribution in [0.15, 0.2) is 18.2 Å². The number of carboxylic acid groups (broad SMARTS) is 1. The van der Waals surface area contributed by atoms with E-state index < -0.39 is 5.97 Å². The summed E-state index contributed by atoms with van der Waals surface area (Å²) in [5.41, 5.74) is 0.478. The number of nitrogens with zero attached hydrogens (tertiary/aromatic N) is 1. The summed E-state index contributed by atoms with van der Waals surface area (Å²) in [5.74, 6) is -1.08. The highest BCUT2D eigenvalue weighted by molar-refractivity contribution is 6.31. The Morgan fingerprint density at radius 3 is 2.63 bits per heavy atom. The number of aromatic carboxylic acids is 1. The largest absolute Gasteiger partial charge is 0.478 e. The van der Waals surface area contributed by atoms with Crippen LogP contribution in [-0.2, 0) is 4.79 Å². The highest BCUT2D eigenvalue weighted by atomic mass is 35.5. The van der Waals surface area contributed by atoms with E-state index in [0.29, 0.717) is 10.7 Å². The zero-order valence-electron chi connectivity index (χ0n) is 10.4. The van der Waals surface area contributed by atoms with E-state index in [1.165, 1.54) is 6.07 Å². The van der Waals surface area contributed by atoms with Gasteiger partial charge in [0.2, 0.25) is 5.91 Å². The second kappa shape index (κ2) is 5.93. The molecule has 0 radical (unpaired) electrons. The molecular formula is C13H15ClN2O3. The quantitative estimate of drug-likeness (QED) is 0.887. The third kappa shape index (κ3) is 3.38. The number of rotatable bonds is 4. The van der Waals surface area contributed by atoms with Crippen LogP contribution in [0.1, 0.15) is 23.2 Å². The molecule has 102 valence electrons. The molecule has 0 aliphatic carbocycles. The van der Waals surface area contributed by atoms with Gasteiger partial charge in [0.15, 0.2) is 0 Å². The number of nitrogens with one attached hydrogen (secondary N) is 1. The van der Waals surface area contributed by atoms with Crippen molar-refractivity contribution in [3.63, 3.8) is 0 Å². The Balaban J connectivity index is 2.02. The van der Waals surface area contributed by atoms with Crippen LogP contribution >= 0.6 is 11.6 Å². The Kier molecular flexibility index (Phi) is 4.27. The molecule has 0 saturated carbocycles. The lowest BCUT2D eigenvalue weighted by molar-refractivity contribution is -0.128. The molecule has 1 fully saturated rings. The first-order valence-corrected chi connectivity index (χ1v) is 6.50. The van der Waals surface area contributed by atoms with Crippen molar-refractivity contribution in [1.29, 1.82) is 0 Å². The first kappa shape index (κ1) is 13.7. The highest BCUT2D eigenvalue weighted by Crippen LogP contribution is 2.20. The minimum atomic E-state index is -1.07. The molecule has 0 atom stereocenters. The number of halogens is 1. The van der Waals surface area contributed by atoms with Crippen molar-refractivity contribution in [1.82, 2.24) is 4.90 Å². The summed E-state index contributed by atoms with van der Waals surface area (Å²) >= 11 is 5.76. The number of benzene rings is 1. The first-order chi connectivity index (χ1) is 9.08. The smallest absolute Gasteiger partial charge is 0.337 e. The Morgan fingerprint density at radius 2 is 2.00 bits per heavy atom. The third-order valence-corrected chi connectivity index (χ3v) is 3.34. The molecule has 1 aliphatic heterocycles. The van der Waals surface area contributed by atoms with Crippen molar-refractivity contribution in [2.45, 2.75) is 12.8 Å². The lowest BCUT2D eigenvalue weighted by atomic mass is 10.2. The molecule has 1 aromatic rings. The number of anilines is 1. The molecule has 0 bridgehead atoms. The maximum atomic E-state index is 11.9. The second-order valence-corrected chi connectivity index (χ2v) is 4.87. The fourth-order valence-corrected chi connectivity index (χ4v) is 2.27. The molecule has 5 nitrogen and oxygen atoms in total. The lowest BCUT2D eigenvalue weighted by Crippen LogP contribution is -2.33.